The van der Waals surface area contributed by atoms with Gasteiger partial charge in [-0.1, -0.05) is 64.7 Å². The minimum atomic E-state index is 0.172. The number of nitrogens with two attached hydrogens (primary N) is 1. The van der Waals surface area contributed by atoms with E-state index in [1.807, 2.05) is 0 Å². The zero-order valence-corrected chi connectivity index (χ0v) is 20.4. The molecule has 0 amide bonds. The first-order valence-corrected chi connectivity index (χ1v) is 13.6. The van der Waals surface area contributed by atoms with E-state index in [1.165, 1.54) is 116 Å². The van der Waals surface area contributed by atoms with Gasteiger partial charge < -0.3 is 5.73 Å². The molecule has 4 heteroatoms. The molecule has 3 fully saturated rings. The van der Waals surface area contributed by atoms with E-state index >= 15 is 0 Å². The Morgan fingerprint density at radius 1 is 0.733 bits per heavy atom. The lowest BCUT2D eigenvalue weighted by Crippen LogP contribution is -2.57. The third-order valence-electron chi connectivity index (χ3n) is 8.27. The van der Waals surface area contributed by atoms with Crippen LogP contribution in [0.3, 0.4) is 0 Å². The highest BCUT2D eigenvalue weighted by Crippen LogP contribution is 2.28. The maximum Gasteiger partial charge on any atom is 0.0719 e. The first kappa shape index (κ1) is 24.5. The minimum Gasteiger partial charge on any atom is -0.315 e. The van der Waals surface area contributed by atoms with Gasteiger partial charge in [0.1, 0.15) is 0 Å². The number of hydrazine groups is 1. The van der Waals surface area contributed by atoms with Crippen molar-refractivity contribution in [3.63, 3.8) is 0 Å². The molecule has 3 aliphatic carbocycles. The molecule has 0 aromatic carbocycles. The number of hydrogen-bond donors (Lipinski definition) is 1. The van der Waals surface area contributed by atoms with E-state index in [4.69, 9.17) is 5.73 Å². The van der Waals surface area contributed by atoms with Crippen LogP contribution in [0, 0.1) is 11.8 Å². The van der Waals surface area contributed by atoms with Crippen molar-refractivity contribution in [2.75, 3.05) is 33.2 Å². The third-order valence-corrected chi connectivity index (χ3v) is 8.27. The highest BCUT2D eigenvalue weighted by Gasteiger charge is 2.29. The van der Waals surface area contributed by atoms with E-state index < -0.39 is 0 Å². The Labute approximate surface area is 187 Å². The molecule has 176 valence electrons. The average molecular weight is 421 g/mol. The van der Waals surface area contributed by atoms with E-state index in [0.717, 1.165) is 24.9 Å². The fraction of sp³-hybridized carbons (Fsp3) is 1.00. The second-order valence-electron chi connectivity index (χ2n) is 10.8. The van der Waals surface area contributed by atoms with Crippen LogP contribution in [-0.2, 0) is 0 Å². The van der Waals surface area contributed by atoms with Crippen molar-refractivity contribution < 1.29 is 0 Å². The number of rotatable bonds is 11. The zero-order valence-electron chi connectivity index (χ0n) is 20.4. The van der Waals surface area contributed by atoms with Crippen LogP contribution in [0.2, 0.25) is 0 Å². The van der Waals surface area contributed by atoms with E-state index in [-0.39, 0.29) is 6.17 Å². The van der Waals surface area contributed by atoms with Gasteiger partial charge in [0.25, 0.3) is 0 Å². The molecule has 30 heavy (non-hydrogen) atoms. The molecule has 0 aromatic heterocycles. The molecule has 0 aliphatic heterocycles. The second kappa shape index (κ2) is 13.4. The molecule has 1 unspecified atom stereocenters. The Morgan fingerprint density at radius 3 is 1.77 bits per heavy atom. The van der Waals surface area contributed by atoms with Gasteiger partial charge in [0.15, 0.2) is 0 Å². The molecule has 0 saturated heterocycles. The monoisotopic (exact) mass is 420 g/mol. The van der Waals surface area contributed by atoms with Crippen LogP contribution >= 0.6 is 0 Å². The summed E-state index contributed by atoms with van der Waals surface area (Å²) in [5.74, 6) is 1.76. The van der Waals surface area contributed by atoms with Crippen LogP contribution in [-0.4, -0.2) is 60.4 Å². The second-order valence-corrected chi connectivity index (χ2v) is 10.8. The topological polar surface area (TPSA) is 35.7 Å². The standard InChI is InChI=1S/C26H52N4/c1-3-19-30(25-17-11-6-12-18-25)26(27)22-29(21-24-15-9-5-10-16-24)28(2)20-23-13-7-4-8-14-23/h23-26H,3-22,27H2,1-2H3. The van der Waals surface area contributed by atoms with Crippen LogP contribution in [0.25, 0.3) is 0 Å². The van der Waals surface area contributed by atoms with Gasteiger partial charge in [0, 0.05) is 32.7 Å². The van der Waals surface area contributed by atoms with Crippen LogP contribution in [0.15, 0.2) is 0 Å². The third kappa shape index (κ3) is 7.76. The van der Waals surface area contributed by atoms with Crippen molar-refractivity contribution >= 4 is 0 Å². The highest BCUT2D eigenvalue weighted by molar-refractivity contribution is 4.82. The Balaban J connectivity index is 1.62. The summed E-state index contributed by atoms with van der Waals surface area (Å²) in [6.07, 6.45) is 22.6. The molecule has 0 radical (unpaired) electrons. The maximum atomic E-state index is 6.97. The zero-order chi connectivity index (χ0) is 21.2. The first-order valence-electron chi connectivity index (χ1n) is 13.6. The highest BCUT2D eigenvalue weighted by atomic mass is 15.6. The summed E-state index contributed by atoms with van der Waals surface area (Å²) in [6, 6.07) is 0.717. The molecule has 4 nitrogen and oxygen atoms in total. The van der Waals surface area contributed by atoms with Gasteiger partial charge in [-0.05, 0) is 63.3 Å². The minimum absolute atomic E-state index is 0.172. The van der Waals surface area contributed by atoms with Crippen molar-refractivity contribution in [2.45, 2.75) is 122 Å². The first-order chi connectivity index (χ1) is 14.7. The lowest BCUT2D eigenvalue weighted by atomic mass is 9.88. The van der Waals surface area contributed by atoms with Crippen molar-refractivity contribution in [3.8, 4) is 0 Å². The van der Waals surface area contributed by atoms with Crippen LogP contribution < -0.4 is 5.73 Å². The Hall–Kier alpha value is -0.160. The van der Waals surface area contributed by atoms with Crippen molar-refractivity contribution in [2.24, 2.45) is 17.6 Å². The summed E-state index contributed by atoms with van der Waals surface area (Å²) >= 11 is 0. The molecule has 3 aliphatic rings. The van der Waals surface area contributed by atoms with Crippen molar-refractivity contribution in [3.05, 3.63) is 0 Å². The summed E-state index contributed by atoms with van der Waals surface area (Å²) in [6.45, 7) is 6.95. The molecular weight excluding hydrogens is 368 g/mol. The van der Waals surface area contributed by atoms with E-state index in [1.54, 1.807) is 0 Å². The Kier molecular flexibility index (Phi) is 10.9. The molecular formula is C26H52N4. The van der Waals surface area contributed by atoms with Crippen LogP contribution in [0.5, 0.6) is 0 Å². The maximum absolute atomic E-state index is 6.97. The average Bonchev–Trinajstić information content (AvgIpc) is 2.79. The quantitative estimate of drug-likeness (QED) is 0.347. The summed E-state index contributed by atoms with van der Waals surface area (Å²) < 4.78 is 0. The summed E-state index contributed by atoms with van der Waals surface area (Å²) in [4.78, 5) is 2.68. The van der Waals surface area contributed by atoms with Gasteiger partial charge in [-0.2, -0.15) is 0 Å². The smallest absolute Gasteiger partial charge is 0.0719 e. The normalized spacial score (nSPS) is 24.2. The fourth-order valence-corrected chi connectivity index (χ4v) is 6.49. The van der Waals surface area contributed by atoms with Gasteiger partial charge in [0.2, 0.25) is 0 Å². The van der Waals surface area contributed by atoms with Gasteiger partial charge in [0.05, 0.1) is 6.17 Å². The van der Waals surface area contributed by atoms with E-state index in [2.05, 4.69) is 28.9 Å². The molecule has 3 rings (SSSR count). The summed E-state index contributed by atoms with van der Waals surface area (Å²) in [5, 5.41) is 5.27. The van der Waals surface area contributed by atoms with Gasteiger partial charge in [-0.3, -0.25) is 4.90 Å². The number of hydrogen-bond acceptors (Lipinski definition) is 4. The molecule has 0 spiro atoms. The van der Waals surface area contributed by atoms with Crippen LogP contribution in [0.1, 0.15) is 110 Å². The predicted molar refractivity (Wildman–Crippen MR) is 129 cm³/mol. The molecule has 0 aromatic rings. The molecule has 1 atom stereocenters. The predicted octanol–water partition coefficient (Wildman–Crippen LogP) is 5.63. The lowest BCUT2D eigenvalue weighted by molar-refractivity contribution is -0.0558. The molecule has 0 bridgehead atoms. The van der Waals surface area contributed by atoms with Crippen LogP contribution in [0.4, 0.5) is 0 Å². The van der Waals surface area contributed by atoms with Crippen molar-refractivity contribution in [1.29, 1.82) is 0 Å². The molecule has 3 saturated carbocycles. The van der Waals surface area contributed by atoms with E-state index in [9.17, 15) is 0 Å². The van der Waals surface area contributed by atoms with Gasteiger partial charge in [-0.25, -0.2) is 10.0 Å². The molecule has 2 N–H and O–H groups in total. The van der Waals surface area contributed by atoms with Crippen molar-refractivity contribution in [1.82, 2.24) is 14.9 Å². The SMILES string of the molecule is CCCN(C(N)CN(CC1CCCCC1)N(C)CC1CCCCC1)C1CCCCC1. The largest absolute Gasteiger partial charge is 0.315 e. The Morgan fingerprint density at radius 2 is 1.23 bits per heavy atom. The van der Waals surface area contributed by atoms with Gasteiger partial charge >= 0.3 is 0 Å². The summed E-state index contributed by atoms with van der Waals surface area (Å²) in [7, 11) is 2.36. The van der Waals surface area contributed by atoms with E-state index in [0.29, 0.717) is 6.04 Å². The van der Waals surface area contributed by atoms with Gasteiger partial charge in [-0.15, -0.1) is 0 Å². The number of nitrogens with zero attached hydrogens (tertiary/aromatic N) is 3. The lowest BCUT2D eigenvalue weighted by Gasteiger charge is -2.43. The fourth-order valence-electron chi connectivity index (χ4n) is 6.49. The Bertz CT molecular complexity index is 438. The summed E-state index contributed by atoms with van der Waals surface area (Å²) in [5.41, 5.74) is 6.97. The molecule has 0 heterocycles.